The van der Waals surface area contributed by atoms with Crippen molar-refractivity contribution in [1.29, 1.82) is 0 Å². The molecule has 4 rings (SSSR count). The number of ether oxygens (including phenoxy) is 1. The fraction of sp³-hybridized carbons (Fsp3) is 0.476. The molecule has 1 fully saturated rings. The van der Waals surface area contributed by atoms with Crippen molar-refractivity contribution in [1.82, 2.24) is 20.1 Å². The molecule has 8 heteroatoms. The maximum Gasteiger partial charge on any atom is 0.225 e. The second-order valence-electron chi connectivity index (χ2n) is 7.79. The van der Waals surface area contributed by atoms with Crippen molar-refractivity contribution in [2.24, 2.45) is 5.92 Å². The molecule has 1 aromatic carbocycles. The quantitative estimate of drug-likeness (QED) is 0.693. The van der Waals surface area contributed by atoms with Crippen LogP contribution in [0.15, 0.2) is 24.3 Å². The lowest BCUT2D eigenvalue weighted by Crippen LogP contribution is -2.44. The van der Waals surface area contributed by atoms with Gasteiger partial charge in [-0.1, -0.05) is 11.3 Å². The maximum atomic E-state index is 12.5. The van der Waals surface area contributed by atoms with Crippen LogP contribution >= 0.6 is 11.3 Å². The van der Waals surface area contributed by atoms with Crippen LogP contribution in [-0.4, -0.2) is 46.9 Å². The van der Waals surface area contributed by atoms with Gasteiger partial charge < -0.3 is 15.0 Å². The van der Waals surface area contributed by atoms with Crippen molar-refractivity contribution < 1.29 is 9.53 Å². The molecule has 0 spiro atoms. The Kier molecular flexibility index (Phi) is 5.45. The van der Waals surface area contributed by atoms with Crippen molar-refractivity contribution in [3.05, 3.63) is 30.0 Å². The predicted molar refractivity (Wildman–Crippen MR) is 116 cm³/mol. The fourth-order valence-electron chi connectivity index (χ4n) is 3.73. The third-order valence-electron chi connectivity index (χ3n) is 5.19. The molecule has 0 unspecified atom stereocenters. The predicted octanol–water partition coefficient (Wildman–Crippen LogP) is 3.54. The molecule has 1 aliphatic rings. The first-order valence-corrected chi connectivity index (χ1v) is 10.8. The van der Waals surface area contributed by atoms with E-state index >= 15 is 0 Å². The lowest BCUT2D eigenvalue weighted by Gasteiger charge is -2.32. The molecule has 7 nitrogen and oxygen atoms in total. The third kappa shape index (κ3) is 3.94. The summed E-state index contributed by atoms with van der Waals surface area (Å²) in [5.74, 6) is 0.968. The summed E-state index contributed by atoms with van der Waals surface area (Å²) in [6.07, 6.45) is 1.92. The largest absolute Gasteiger partial charge is 0.497 e. The zero-order chi connectivity index (χ0) is 20.5. The number of aromatic nitrogens is 3. The summed E-state index contributed by atoms with van der Waals surface area (Å²) >= 11 is 1.66. The van der Waals surface area contributed by atoms with Crippen LogP contribution < -0.4 is 15.0 Å². The van der Waals surface area contributed by atoms with Gasteiger partial charge in [-0.05, 0) is 57.9 Å². The van der Waals surface area contributed by atoms with Gasteiger partial charge in [-0.3, -0.25) is 4.79 Å². The van der Waals surface area contributed by atoms with Gasteiger partial charge in [0.2, 0.25) is 5.91 Å². The number of nitrogens with zero attached hydrogens (tertiary/aromatic N) is 4. The first-order chi connectivity index (χ1) is 14.0. The monoisotopic (exact) mass is 413 g/mol. The number of anilines is 1. The van der Waals surface area contributed by atoms with Crippen molar-refractivity contribution in [2.45, 2.75) is 39.7 Å². The molecule has 29 heavy (non-hydrogen) atoms. The van der Waals surface area contributed by atoms with E-state index in [1.165, 1.54) is 0 Å². The van der Waals surface area contributed by atoms with E-state index < -0.39 is 0 Å². The Labute approximate surface area is 174 Å². The Bertz CT molecular complexity index is 1010. The van der Waals surface area contributed by atoms with Crippen LogP contribution in [0.4, 0.5) is 5.13 Å². The van der Waals surface area contributed by atoms with Crippen LogP contribution in [0.3, 0.4) is 0 Å². The Hall–Kier alpha value is -2.61. The Morgan fingerprint density at radius 2 is 2.07 bits per heavy atom. The van der Waals surface area contributed by atoms with Crippen molar-refractivity contribution in [2.75, 3.05) is 25.1 Å². The third-order valence-corrected chi connectivity index (χ3v) is 6.40. The summed E-state index contributed by atoms with van der Waals surface area (Å²) in [4.78, 5) is 19.6. The number of hydrogen-bond donors (Lipinski definition) is 1. The van der Waals surface area contributed by atoms with Crippen LogP contribution in [0.2, 0.25) is 0 Å². The van der Waals surface area contributed by atoms with Crippen LogP contribution in [0.25, 0.3) is 16.0 Å². The van der Waals surface area contributed by atoms with E-state index in [0.717, 1.165) is 52.0 Å². The minimum atomic E-state index is 0.0114. The summed E-state index contributed by atoms with van der Waals surface area (Å²) < 4.78 is 8.23. The van der Waals surface area contributed by atoms with Crippen molar-refractivity contribution in [3.8, 4) is 11.4 Å². The molecule has 0 bridgehead atoms. The molecule has 1 N–H and O–H groups in total. The van der Waals surface area contributed by atoms with E-state index in [-0.39, 0.29) is 17.9 Å². The zero-order valence-electron chi connectivity index (χ0n) is 17.3. The molecule has 0 radical (unpaired) electrons. The number of aryl methyl sites for hydroxylation is 1. The number of hydrogen-bond acceptors (Lipinski definition) is 6. The molecule has 1 amide bonds. The number of amides is 1. The van der Waals surface area contributed by atoms with Gasteiger partial charge in [0.1, 0.15) is 5.75 Å². The number of piperidine rings is 1. The van der Waals surface area contributed by atoms with Crippen molar-refractivity contribution >= 4 is 32.7 Å². The molecule has 1 aliphatic heterocycles. The van der Waals surface area contributed by atoms with Gasteiger partial charge in [0.25, 0.3) is 0 Å². The Morgan fingerprint density at radius 3 is 2.76 bits per heavy atom. The molecular weight excluding hydrogens is 386 g/mol. The van der Waals surface area contributed by atoms with Gasteiger partial charge in [0.05, 0.1) is 29.1 Å². The van der Waals surface area contributed by atoms with E-state index in [9.17, 15) is 4.79 Å². The van der Waals surface area contributed by atoms with Crippen molar-refractivity contribution in [3.63, 3.8) is 0 Å². The highest BCUT2D eigenvalue weighted by Crippen LogP contribution is 2.34. The minimum absolute atomic E-state index is 0.0114. The molecule has 3 aromatic rings. The van der Waals surface area contributed by atoms with E-state index in [2.05, 4.69) is 15.3 Å². The second-order valence-corrected chi connectivity index (χ2v) is 8.77. The van der Waals surface area contributed by atoms with Gasteiger partial charge in [-0.25, -0.2) is 4.68 Å². The first-order valence-electron chi connectivity index (χ1n) is 10.0. The van der Waals surface area contributed by atoms with Crippen LogP contribution in [0, 0.1) is 12.8 Å². The van der Waals surface area contributed by atoms with Crippen LogP contribution in [0.5, 0.6) is 5.75 Å². The van der Waals surface area contributed by atoms with Gasteiger partial charge in [0, 0.05) is 19.1 Å². The normalized spacial score (nSPS) is 17.1. The topological polar surface area (TPSA) is 72.3 Å². The van der Waals surface area contributed by atoms with Gasteiger partial charge in [-0.15, -0.1) is 0 Å². The number of carbonyl (C=O) groups is 1. The van der Waals surface area contributed by atoms with Gasteiger partial charge in [-0.2, -0.15) is 10.1 Å². The summed E-state index contributed by atoms with van der Waals surface area (Å²) in [5, 5.41) is 8.69. The van der Waals surface area contributed by atoms with Crippen LogP contribution in [0.1, 0.15) is 32.4 Å². The second kappa shape index (κ2) is 8.02. The maximum absolute atomic E-state index is 12.5. The molecule has 2 aromatic heterocycles. The summed E-state index contributed by atoms with van der Waals surface area (Å²) in [7, 11) is 1.66. The highest BCUT2D eigenvalue weighted by atomic mass is 32.1. The highest BCUT2D eigenvalue weighted by Gasteiger charge is 2.28. The molecule has 3 heterocycles. The SMILES string of the molecule is COc1ccc(-n2nc(C)c3sc(N4CCC[C@H](C(=O)NC(C)C)C4)nc32)cc1. The van der Waals surface area contributed by atoms with Gasteiger partial charge >= 0.3 is 0 Å². The number of fused-ring (bicyclic) bond motifs is 1. The zero-order valence-corrected chi connectivity index (χ0v) is 18.1. The minimum Gasteiger partial charge on any atom is -0.497 e. The Balaban J connectivity index is 1.61. The lowest BCUT2D eigenvalue weighted by molar-refractivity contribution is -0.125. The molecule has 0 aliphatic carbocycles. The molecule has 0 saturated carbocycles. The number of carbonyl (C=O) groups excluding carboxylic acids is 1. The number of thiazole rings is 1. The number of benzene rings is 1. The standard InChI is InChI=1S/C21H27N5O2S/c1-13(2)22-20(27)15-6-5-11-25(12-15)21-23-19-18(29-21)14(3)24-26(19)16-7-9-17(28-4)10-8-16/h7-10,13,15H,5-6,11-12H2,1-4H3,(H,22,27)/t15-/m0/s1. The number of nitrogens with one attached hydrogen (secondary N) is 1. The average Bonchev–Trinajstić information content (AvgIpc) is 3.28. The number of methoxy groups -OCH3 is 1. The van der Waals surface area contributed by atoms with Gasteiger partial charge in [0.15, 0.2) is 10.8 Å². The molecule has 154 valence electrons. The number of rotatable bonds is 5. The molecule has 1 atom stereocenters. The first kappa shape index (κ1) is 19.7. The van der Waals surface area contributed by atoms with E-state index in [1.807, 2.05) is 49.7 Å². The molecular formula is C21H27N5O2S. The Morgan fingerprint density at radius 1 is 1.31 bits per heavy atom. The summed E-state index contributed by atoms with van der Waals surface area (Å²) in [6, 6.07) is 7.98. The van der Waals surface area contributed by atoms with E-state index in [4.69, 9.17) is 9.72 Å². The summed E-state index contributed by atoms with van der Waals surface area (Å²) in [5.41, 5.74) is 2.78. The summed E-state index contributed by atoms with van der Waals surface area (Å²) in [6.45, 7) is 7.65. The van der Waals surface area contributed by atoms with E-state index in [0.29, 0.717) is 6.54 Å². The molecule has 1 saturated heterocycles. The fourth-order valence-corrected chi connectivity index (χ4v) is 4.75. The van der Waals surface area contributed by atoms with E-state index in [1.54, 1.807) is 18.4 Å². The average molecular weight is 414 g/mol. The van der Waals surface area contributed by atoms with Crippen LogP contribution in [-0.2, 0) is 4.79 Å². The lowest BCUT2D eigenvalue weighted by atomic mass is 9.97. The smallest absolute Gasteiger partial charge is 0.225 e. The highest BCUT2D eigenvalue weighted by molar-refractivity contribution is 7.22.